The lowest BCUT2D eigenvalue weighted by atomic mass is 10.0. The summed E-state index contributed by atoms with van der Waals surface area (Å²) in [7, 11) is 0. The van der Waals surface area contributed by atoms with Crippen molar-refractivity contribution >= 4 is 29.1 Å². The van der Waals surface area contributed by atoms with Crippen molar-refractivity contribution in [2.24, 2.45) is 0 Å². The molecule has 160 valence electrons. The van der Waals surface area contributed by atoms with Crippen LogP contribution in [-0.4, -0.2) is 57.6 Å². The third-order valence-electron chi connectivity index (χ3n) is 5.61. The number of halogens is 1. The van der Waals surface area contributed by atoms with Crippen LogP contribution in [0.3, 0.4) is 0 Å². The molecule has 0 aliphatic carbocycles. The molecule has 4 N–H and O–H groups in total. The number of benzene rings is 2. The van der Waals surface area contributed by atoms with Crippen molar-refractivity contribution in [2.75, 3.05) is 51.1 Å². The Morgan fingerprint density at radius 3 is 2.10 bits per heavy atom. The lowest BCUT2D eigenvalue weighted by Crippen LogP contribution is -3.28. The van der Waals surface area contributed by atoms with Gasteiger partial charge in [-0.15, -0.1) is 0 Å². The van der Waals surface area contributed by atoms with E-state index < -0.39 is 0 Å². The van der Waals surface area contributed by atoms with Crippen LogP contribution in [0.1, 0.15) is 18.4 Å². The van der Waals surface area contributed by atoms with Crippen LogP contribution in [0.15, 0.2) is 54.6 Å². The highest BCUT2D eigenvalue weighted by Crippen LogP contribution is 2.19. The van der Waals surface area contributed by atoms with E-state index in [2.05, 4.69) is 29.7 Å². The molecule has 2 aromatic carbocycles. The Labute approximate surface area is 183 Å². The van der Waals surface area contributed by atoms with Crippen LogP contribution in [0.5, 0.6) is 0 Å². The second-order valence-corrected chi connectivity index (χ2v) is 8.40. The molecule has 2 aromatic rings. The molecule has 0 bridgehead atoms. The zero-order valence-electron chi connectivity index (χ0n) is 17.4. The SMILES string of the molecule is C[C@@H](CNC(=O)C[NH+]1CC[NH+](CC(=O)Nc2ccccc2Cl)CC1)c1ccccc1. The van der Waals surface area contributed by atoms with Gasteiger partial charge < -0.3 is 20.4 Å². The van der Waals surface area contributed by atoms with E-state index in [4.69, 9.17) is 11.6 Å². The van der Waals surface area contributed by atoms with Crippen molar-refractivity contribution in [3.63, 3.8) is 0 Å². The number of piperazine rings is 1. The van der Waals surface area contributed by atoms with Crippen LogP contribution >= 0.6 is 11.6 Å². The van der Waals surface area contributed by atoms with Crippen LogP contribution in [0.4, 0.5) is 5.69 Å². The number of nitrogens with one attached hydrogen (secondary N) is 4. The minimum absolute atomic E-state index is 0.0332. The van der Waals surface area contributed by atoms with E-state index in [1.165, 1.54) is 15.4 Å². The largest absolute Gasteiger partial charge is 0.351 e. The van der Waals surface area contributed by atoms with Crippen LogP contribution < -0.4 is 20.4 Å². The predicted octanol–water partition coefficient (Wildman–Crippen LogP) is -0.0182. The molecule has 0 saturated carbocycles. The summed E-state index contributed by atoms with van der Waals surface area (Å²) >= 11 is 6.10. The Morgan fingerprint density at radius 1 is 0.900 bits per heavy atom. The Morgan fingerprint density at radius 2 is 1.47 bits per heavy atom. The molecule has 3 rings (SSSR count). The molecule has 2 amide bonds. The normalized spacial score (nSPS) is 19.7. The van der Waals surface area contributed by atoms with Gasteiger partial charge in [-0.25, -0.2) is 0 Å². The summed E-state index contributed by atoms with van der Waals surface area (Å²) in [5, 5.41) is 6.48. The van der Waals surface area contributed by atoms with Crippen molar-refractivity contribution in [3.05, 3.63) is 65.2 Å². The minimum atomic E-state index is -0.0332. The molecule has 0 unspecified atom stereocenters. The maximum absolute atomic E-state index is 12.3. The van der Waals surface area contributed by atoms with Gasteiger partial charge in [0.2, 0.25) is 0 Å². The van der Waals surface area contributed by atoms with Crippen molar-refractivity contribution in [2.45, 2.75) is 12.8 Å². The molecule has 1 atom stereocenters. The van der Waals surface area contributed by atoms with Gasteiger partial charge in [-0.05, 0) is 23.6 Å². The van der Waals surface area contributed by atoms with E-state index in [9.17, 15) is 9.59 Å². The number of anilines is 1. The van der Waals surface area contributed by atoms with E-state index in [1.54, 1.807) is 12.1 Å². The number of hydrogen-bond acceptors (Lipinski definition) is 2. The van der Waals surface area contributed by atoms with Crippen molar-refractivity contribution in [3.8, 4) is 0 Å². The molecule has 1 saturated heterocycles. The van der Waals surface area contributed by atoms with Gasteiger partial charge >= 0.3 is 0 Å². The molecule has 7 heteroatoms. The average Bonchev–Trinajstić information content (AvgIpc) is 2.75. The fourth-order valence-electron chi connectivity index (χ4n) is 3.75. The summed E-state index contributed by atoms with van der Waals surface area (Å²) in [4.78, 5) is 27.1. The van der Waals surface area contributed by atoms with Crippen LogP contribution in [0, 0.1) is 0 Å². The Balaban J connectivity index is 1.34. The highest BCUT2D eigenvalue weighted by molar-refractivity contribution is 6.33. The molecule has 1 aliphatic heterocycles. The molecule has 30 heavy (non-hydrogen) atoms. The van der Waals surface area contributed by atoms with Crippen LogP contribution in [-0.2, 0) is 9.59 Å². The average molecular weight is 431 g/mol. The van der Waals surface area contributed by atoms with Crippen LogP contribution in [0.2, 0.25) is 5.02 Å². The first kappa shape index (κ1) is 22.3. The maximum atomic E-state index is 12.3. The second kappa shape index (κ2) is 11.1. The Kier molecular flexibility index (Phi) is 8.25. The maximum Gasteiger partial charge on any atom is 0.279 e. The predicted molar refractivity (Wildman–Crippen MR) is 119 cm³/mol. The van der Waals surface area contributed by atoms with Gasteiger partial charge in [0.25, 0.3) is 11.8 Å². The first-order valence-electron chi connectivity index (χ1n) is 10.5. The summed E-state index contributed by atoms with van der Waals surface area (Å²) in [6.07, 6.45) is 0. The van der Waals surface area contributed by atoms with E-state index in [-0.39, 0.29) is 11.8 Å². The van der Waals surface area contributed by atoms with Gasteiger partial charge in [-0.2, -0.15) is 0 Å². The summed E-state index contributed by atoms with van der Waals surface area (Å²) in [5.74, 6) is 0.352. The van der Waals surface area contributed by atoms with Gasteiger partial charge in [-0.1, -0.05) is 61.0 Å². The van der Waals surface area contributed by atoms with Crippen molar-refractivity contribution in [1.29, 1.82) is 0 Å². The van der Waals surface area contributed by atoms with Gasteiger partial charge in [0, 0.05) is 6.54 Å². The van der Waals surface area contributed by atoms with E-state index >= 15 is 0 Å². The Hall–Kier alpha value is -2.41. The number of rotatable bonds is 8. The van der Waals surface area contributed by atoms with Gasteiger partial charge in [0.05, 0.1) is 10.7 Å². The number of hydrogen-bond donors (Lipinski definition) is 4. The molecule has 1 heterocycles. The fraction of sp³-hybridized carbons (Fsp3) is 0.391. The van der Waals surface area contributed by atoms with Crippen molar-refractivity contribution < 1.29 is 19.4 Å². The first-order chi connectivity index (χ1) is 14.5. The molecule has 0 radical (unpaired) electrons. The Bertz CT molecular complexity index is 838. The summed E-state index contributed by atoms with van der Waals surface area (Å²) in [5.41, 5.74) is 1.88. The number of para-hydroxylation sites is 1. The smallest absolute Gasteiger partial charge is 0.279 e. The quantitative estimate of drug-likeness (QED) is 0.475. The molecule has 1 aliphatic rings. The van der Waals surface area contributed by atoms with Gasteiger partial charge in [0.1, 0.15) is 26.2 Å². The fourth-order valence-corrected chi connectivity index (χ4v) is 3.93. The topological polar surface area (TPSA) is 67.1 Å². The van der Waals surface area contributed by atoms with Crippen molar-refractivity contribution in [1.82, 2.24) is 5.32 Å². The lowest BCUT2D eigenvalue weighted by molar-refractivity contribution is -1.00. The molecule has 0 spiro atoms. The summed E-state index contributed by atoms with van der Waals surface area (Å²) < 4.78 is 0. The third kappa shape index (κ3) is 6.83. The first-order valence-corrected chi connectivity index (χ1v) is 10.9. The lowest BCUT2D eigenvalue weighted by Gasteiger charge is -2.29. The monoisotopic (exact) mass is 430 g/mol. The standard InChI is InChI=1S/C23H29ClN4O2/c1-18(19-7-3-2-4-8-19)15-25-22(29)16-27-11-13-28(14-12-27)17-23(30)26-21-10-6-5-9-20(21)24/h2-10,18H,11-17H2,1H3,(H,25,29)(H,26,30)/p+2/t18-/m0/s1. The summed E-state index contributed by atoms with van der Waals surface area (Å²) in [6.45, 7) is 7.19. The van der Waals surface area contributed by atoms with E-state index in [0.29, 0.717) is 36.3 Å². The number of carbonyl (C=O) groups is 2. The van der Waals surface area contributed by atoms with Gasteiger partial charge in [0.15, 0.2) is 13.1 Å². The molecule has 1 fully saturated rings. The third-order valence-corrected chi connectivity index (χ3v) is 5.94. The zero-order valence-corrected chi connectivity index (χ0v) is 18.2. The van der Waals surface area contributed by atoms with E-state index in [0.717, 1.165) is 26.2 Å². The van der Waals surface area contributed by atoms with Gasteiger partial charge in [-0.3, -0.25) is 9.59 Å². The molecule has 0 aromatic heterocycles. The molecule has 6 nitrogen and oxygen atoms in total. The highest BCUT2D eigenvalue weighted by atomic mass is 35.5. The van der Waals surface area contributed by atoms with Crippen LogP contribution in [0.25, 0.3) is 0 Å². The van der Waals surface area contributed by atoms with E-state index in [1.807, 2.05) is 30.3 Å². The number of quaternary nitrogens is 2. The zero-order chi connectivity index (χ0) is 21.3. The number of carbonyl (C=O) groups excluding carboxylic acids is 2. The minimum Gasteiger partial charge on any atom is -0.351 e. The molecular weight excluding hydrogens is 400 g/mol. The second-order valence-electron chi connectivity index (χ2n) is 8.00. The summed E-state index contributed by atoms with van der Waals surface area (Å²) in [6, 6.07) is 17.5. The highest BCUT2D eigenvalue weighted by Gasteiger charge is 2.26. The molecular formula is C23H31ClN4O2+2. The number of amides is 2.